The van der Waals surface area contributed by atoms with Crippen molar-refractivity contribution in [1.29, 1.82) is 0 Å². The topological polar surface area (TPSA) is 44.8 Å². The van der Waals surface area contributed by atoms with Crippen LogP contribution in [0.4, 0.5) is 0 Å². The van der Waals surface area contributed by atoms with Gasteiger partial charge in [0.25, 0.3) is 8.32 Å². The second kappa shape index (κ2) is 6.89. The van der Waals surface area contributed by atoms with Gasteiger partial charge in [0.15, 0.2) is 0 Å². The van der Waals surface area contributed by atoms with Gasteiger partial charge in [0.2, 0.25) is 6.29 Å². The number of carbonyl (C=O) groups is 1. The lowest BCUT2D eigenvalue weighted by Crippen LogP contribution is -2.68. The molecule has 2 aromatic carbocycles. The van der Waals surface area contributed by atoms with Crippen molar-refractivity contribution in [2.45, 2.75) is 44.6 Å². The third kappa shape index (κ3) is 3.14. The van der Waals surface area contributed by atoms with Crippen molar-refractivity contribution in [3.05, 3.63) is 60.7 Å². The van der Waals surface area contributed by atoms with Gasteiger partial charge in [-0.15, -0.1) is 0 Å². The van der Waals surface area contributed by atoms with E-state index in [1.54, 1.807) is 0 Å². The Morgan fingerprint density at radius 2 is 1.52 bits per heavy atom. The van der Waals surface area contributed by atoms with Gasteiger partial charge in [-0.05, 0) is 15.4 Å². The minimum absolute atomic E-state index is 0.0286. The largest absolute Gasteiger partial charge is 0.435 e. The van der Waals surface area contributed by atoms with Gasteiger partial charge in [0, 0.05) is 0 Å². The second-order valence-electron chi connectivity index (χ2n) is 8.38. The SMILES string of the molecule is CC(C)(C)[Si](O[C@H]1CO[C@@H]2OC(=O)C[C@@H]21)(c1ccccc1)c1ccccc1. The Labute approximate surface area is 161 Å². The molecule has 4 rings (SSSR count). The first-order chi connectivity index (χ1) is 12.9. The molecule has 0 N–H and O–H groups in total. The van der Waals surface area contributed by atoms with Crippen LogP contribution in [0.5, 0.6) is 0 Å². The summed E-state index contributed by atoms with van der Waals surface area (Å²) in [6.45, 7) is 7.22. The summed E-state index contributed by atoms with van der Waals surface area (Å²) in [7, 11) is -2.64. The summed E-state index contributed by atoms with van der Waals surface area (Å²) in [5.74, 6) is -0.222. The van der Waals surface area contributed by atoms with Crippen LogP contribution in [0, 0.1) is 5.92 Å². The highest BCUT2D eigenvalue weighted by atomic mass is 28.4. The molecule has 3 atom stereocenters. The number of benzene rings is 2. The maximum Gasteiger partial charge on any atom is 0.308 e. The first-order valence-electron chi connectivity index (χ1n) is 9.52. The van der Waals surface area contributed by atoms with E-state index < -0.39 is 14.6 Å². The van der Waals surface area contributed by atoms with E-state index in [1.807, 2.05) is 12.1 Å². The lowest BCUT2D eigenvalue weighted by atomic mass is 10.0. The van der Waals surface area contributed by atoms with Gasteiger partial charge in [0.05, 0.1) is 25.0 Å². The van der Waals surface area contributed by atoms with Crippen molar-refractivity contribution in [3.63, 3.8) is 0 Å². The van der Waals surface area contributed by atoms with E-state index >= 15 is 0 Å². The molecular weight excluding hydrogens is 356 g/mol. The summed E-state index contributed by atoms with van der Waals surface area (Å²) in [6, 6.07) is 21.1. The zero-order valence-electron chi connectivity index (χ0n) is 16.1. The summed E-state index contributed by atoms with van der Waals surface area (Å²) in [5, 5.41) is 2.37. The molecule has 0 aliphatic carbocycles. The van der Waals surface area contributed by atoms with Crippen molar-refractivity contribution >= 4 is 24.7 Å². The van der Waals surface area contributed by atoms with Gasteiger partial charge >= 0.3 is 5.97 Å². The Morgan fingerprint density at radius 3 is 2.04 bits per heavy atom. The van der Waals surface area contributed by atoms with Crippen LogP contribution < -0.4 is 10.4 Å². The fraction of sp³-hybridized carbons (Fsp3) is 0.409. The van der Waals surface area contributed by atoms with E-state index in [0.717, 1.165) is 0 Å². The molecule has 5 heteroatoms. The molecule has 4 nitrogen and oxygen atoms in total. The summed E-state index contributed by atoms with van der Waals surface area (Å²) in [6.07, 6.45) is -0.235. The first-order valence-corrected chi connectivity index (χ1v) is 11.4. The lowest BCUT2D eigenvalue weighted by Gasteiger charge is -2.45. The van der Waals surface area contributed by atoms with Gasteiger partial charge in [-0.25, -0.2) is 0 Å². The monoisotopic (exact) mass is 382 g/mol. The van der Waals surface area contributed by atoms with Crippen LogP contribution in [0.1, 0.15) is 27.2 Å². The zero-order chi connectivity index (χ0) is 19.1. The molecule has 2 saturated heterocycles. The average molecular weight is 383 g/mol. The number of hydrogen-bond donors (Lipinski definition) is 0. The molecule has 0 bridgehead atoms. The highest BCUT2D eigenvalue weighted by Crippen LogP contribution is 2.41. The molecule has 0 spiro atoms. The van der Waals surface area contributed by atoms with Crippen molar-refractivity contribution < 1.29 is 18.7 Å². The van der Waals surface area contributed by atoms with E-state index in [1.165, 1.54) is 10.4 Å². The van der Waals surface area contributed by atoms with Gasteiger partial charge in [-0.1, -0.05) is 81.4 Å². The lowest BCUT2D eigenvalue weighted by molar-refractivity contribution is -0.158. The van der Waals surface area contributed by atoms with E-state index in [2.05, 4.69) is 69.3 Å². The molecule has 2 aliphatic rings. The molecule has 0 saturated carbocycles. The van der Waals surface area contributed by atoms with Crippen LogP contribution in [-0.2, 0) is 18.7 Å². The minimum atomic E-state index is -2.64. The maximum absolute atomic E-state index is 11.8. The van der Waals surface area contributed by atoms with Gasteiger partial charge in [0.1, 0.15) is 0 Å². The summed E-state index contributed by atoms with van der Waals surface area (Å²) < 4.78 is 18.1. The standard InChI is InChI=1S/C22H26O4Si/c1-22(2,3)27(16-10-6-4-7-11-16,17-12-8-5-9-13-17)26-19-15-24-21-18(19)14-20(23)25-21/h4-13,18-19,21H,14-15H2,1-3H3/t18-,19+,21-/m1/s1. The number of carbonyl (C=O) groups excluding carboxylic acids is 1. The van der Waals surface area contributed by atoms with Gasteiger partial charge < -0.3 is 13.9 Å². The second-order valence-corrected chi connectivity index (χ2v) is 12.6. The van der Waals surface area contributed by atoms with Crippen LogP contribution in [0.2, 0.25) is 5.04 Å². The van der Waals surface area contributed by atoms with E-state index in [0.29, 0.717) is 13.0 Å². The summed E-state index contributed by atoms with van der Waals surface area (Å²) >= 11 is 0. The predicted octanol–water partition coefficient (Wildman–Crippen LogP) is 2.85. The predicted molar refractivity (Wildman–Crippen MR) is 106 cm³/mol. The Balaban J connectivity index is 1.82. The fourth-order valence-corrected chi connectivity index (χ4v) is 9.08. The van der Waals surface area contributed by atoms with Gasteiger partial charge in [-0.3, -0.25) is 4.79 Å². The van der Waals surface area contributed by atoms with Crippen molar-refractivity contribution in [2.75, 3.05) is 6.61 Å². The number of rotatable bonds is 4. The molecule has 142 valence electrons. The van der Waals surface area contributed by atoms with E-state index in [-0.39, 0.29) is 23.0 Å². The Kier molecular flexibility index (Phi) is 4.70. The third-order valence-electron chi connectivity index (χ3n) is 5.65. The van der Waals surface area contributed by atoms with Crippen LogP contribution in [0.15, 0.2) is 60.7 Å². The highest BCUT2D eigenvalue weighted by molar-refractivity contribution is 6.99. The zero-order valence-corrected chi connectivity index (χ0v) is 17.1. The summed E-state index contributed by atoms with van der Waals surface area (Å²) in [4.78, 5) is 11.8. The molecule has 27 heavy (non-hydrogen) atoms. The number of esters is 1. The maximum atomic E-state index is 11.8. The minimum Gasteiger partial charge on any atom is -0.435 e. The fourth-order valence-electron chi connectivity index (χ4n) is 4.37. The normalized spacial score (nSPS) is 25.3. The van der Waals surface area contributed by atoms with Crippen molar-refractivity contribution in [3.8, 4) is 0 Å². The Morgan fingerprint density at radius 1 is 0.963 bits per heavy atom. The molecule has 0 amide bonds. The molecule has 2 aromatic rings. The van der Waals surface area contributed by atoms with Crippen LogP contribution in [0.25, 0.3) is 0 Å². The molecular formula is C22H26O4Si. The number of ether oxygens (including phenoxy) is 2. The number of hydrogen-bond acceptors (Lipinski definition) is 4. The third-order valence-corrected chi connectivity index (χ3v) is 10.7. The van der Waals surface area contributed by atoms with Crippen LogP contribution >= 0.6 is 0 Å². The quantitative estimate of drug-likeness (QED) is 0.603. The molecule has 0 unspecified atom stereocenters. The number of fused-ring (bicyclic) bond motifs is 1. The van der Waals surface area contributed by atoms with E-state index in [9.17, 15) is 4.79 Å². The Hall–Kier alpha value is -1.95. The molecule has 0 radical (unpaired) electrons. The van der Waals surface area contributed by atoms with Crippen LogP contribution in [0.3, 0.4) is 0 Å². The van der Waals surface area contributed by atoms with Crippen LogP contribution in [-0.4, -0.2) is 33.3 Å². The average Bonchev–Trinajstić information content (AvgIpc) is 3.19. The molecule has 2 aliphatic heterocycles. The van der Waals surface area contributed by atoms with Crippen molar-refractivity contribution in [1.82, 2.24) is 0 Å². The van der Waals surface area contributed by atoms with Crippen molar-refractivity contribution in [2.24, 2.45) is 5.92 Å². The van der Waals surface area contributed by atoms with Gasteiger partial charge in [-0.2, -0.15) is 0 Å². The molecule has 2 heterocycles. The highest BCUT2D eigenvalue weighted by Gasteiger charge is 2.55. The summed E-state index contributed by atoms with van der Waals surface area (Å²) in [5.41, 5.74) is 0. The van der Waals surface area contributed by atoms with E-state index in [4.69, 9.17) is 13.9 Å². The molecule has 0 aromatic heterocycles. The Bertz CT molecular complexity index is 761. The first kappa shape index (κ1) is 18.4. The smallest absolute Gasteiger partial charge is 0.308 e. The molecule has 2 fully saturated rings.